The Morgan fingerprint density at radius 2 is 1.93 bits per heavy atom. The third-order valence-corrected chi connectivity index (χ3v) is 5.20. The number of aryl methyl sites for hydroxylation is 1. The minimum absolute atomic E-state index is 0.188. The van der Waals surface area contributed by atoms with Crippen LogP contribution in [-0.4, -0.2) is 42.9 Å². The smallest absolute Gasteiger partial charge is 0.293 e. The van der Waals surface area contributed by atoms with Crippen LogP contribution in [0.25, 0.3) is 6.08 Å². The molecule has 6 nitrogen and oxygen atoms in total. The molecule has 0 unspecified atom stereocenters. The predicted octanol–water partition coefficient (Wildman–Crippen LogP) is 4.68. The number of carbonyl (C=O) groups excluding carboxylic acids is 2. The third kappa shape index (κ3) is 5.24. The zero-order valence-electron chi connectivity index (χ0n) is 16.9. The summed E-state index contributed by atoms with van der Waals surface area (Å²) in [5.41, 5.74) is 1.82. The summed E-state index contributed by atoms with van der Waals surface area (Å²) in [4.78, 5) is 26.5. The first-order valence-electron chi connectivity index (χ1n) is 9.38. The van der Waals surface area contributed by atoms with E-state index in [0.29, 0.717) is 28.8 Å². The van der Waals surface area contributed by atoms with Crippen molar-refractivity contribution >= 4 is 29.0 Å². The molecule has 2 amide bonds. The van der Waals surface area contributed by atoms with Crippen molar-refractivity contribution in [2.24, 2.45) is 0 Å². The van der Waals surface area contributed by atoms with Crippen LogP contribution in [0.15, 0.2) is 60.0 Å². The lowest BCUT2D eigenvalue weighted by atomic mass is 10.2. The zero-order chi connectivity index (χ0) is 21.5. The van der Waals surface area contributed by atoms with Gasteiger partial charge in [0, 0.05) is 0 Å². The van der Waals surface area contributed by atoms with Gasteiger partial charge in [-0.2, -0.15) is 0 Å². The number of imide groups is 1. The fraction of sp³-hybridized carbons (Fsp3) is 0.217. The molecule has 0 radical (unpaired) electrons. The van der Waals surface area contributed by atoms with Gasteiger partial charge in [-0.3, -0.25) is 14.5 Å². The maximum absolute atomic E-state index is 12.7. The molecule has 0 atom stereocenters. The first kappa shape index (κ1) is 21.5. The van der Waals surface area contributed by atoms with Crippen molar-refractivity contribution in [1.82, 2.24) is 4.90 Å². The molecule has 30 heavy (non-hydrogen) atoms. The number of benzene rings is 2. The molecule has 2 aromatic rings. The highest BCUT2D eigenvalue weighted by molar-refractivity contribution is 8.18. The first-order valence-corrected chi connectivity index (χ1v) is 10.2. The molecule has 1 heterocycles. The monoisotopic (exact) mass is 425 g/mol. The van der Waals surface area contributed by atoms with Crippen molar-refractivity contribution in [2.45, 2.75) is 6.92 Å². The molecule has 2 aromatic carbocycles. The first-order chi connectivity index (χ1) is 14.5. The summed E-state index contributed by atoms with van der Waals surface area (Å²) in [5.74, 6) is 1.50. The van der Waals surface area contributed by atoms with Gasteiger partial charge >= 0.3 is 0 Å². The molecule has 0 bridgehead atoms. The van der Waals surface area contributed by atoms with Crippen LogP contribution in [0.5, 0.6) is 17.2 Å². The van der Waals surface area contributed by atoms with E-state index in [1.165, 1.54) is 4.90 Å². The van der Waals surface area contributed by atoms with E-state index in [4.69, 9.17) is 14.2 Å². The van der Waals surface area contributed by atoms with E-state index in [0.717, 1.165) is 22.9 Å². The topological polar surface area (TPSA) is 65.1 Å². The van der Waals surface area contributed by atoms with Crippen molar-refractivity contribution in [3.63, 3.8) is 0 Å². The van der Waals surface area contributed by atoms with Gasteiger partial charge in [-0.1, -0.05) is 30.9 Å². The molecular weight excluding hydrogens is 402 g/mol. The van der Waals surface area contributed by atoms with Crippen LogP contribution >= 0.6 is 11.8 Å². The van der Waals surface area contributed by atoms with Gasteiger partial charge in [-0.25, -0.2) is 0 Å². The fourth-order valence-corrected chi connectivity index (χ4v) is 3.71. The van der Waals surface area contributed by atoms with Crippen LogP contribution in [0.2, 0.25) is 0 Å². The Morgan fingerprint density at radius 1 is 1.10 bits per heavy atom. The normalized spacial score (nSPS) is 14.9. The quantitative estimate of drug-likeness (QED) is 0.429. The lowest BCUT2D eigenvalue weighted by Gasteiger charge is -2.13. The number of hydrogen-bond acceptors (Lipinski definition) is 6. The van der Waals surface area contributed by atoms with E-state index in [1.54, 1.807) is 37.5 Å². The summed E-state index contributed by atoms with van der Waals surface area (Å²) >= 11 is 0.915. The number of amides is 2. The second-order valence-electron chi connectivity index (χ2n) is 6.51. The van der Waals surface area contributed by atoms with Gasteiger partial charge in [0.15, 0.2) is 11.5 Å². The fourth-order valence-electron chi connectivity index (χ4n) is 2.85. The molecule has 0 aliphatic carbocycles. The minimum Gasteiger partial charge on any atom is -0.493 e. The molecule has 0 N–H and O–H groups in total. The van der Waals surface area contributed by atoms with Crippen LogP contribution in [0.4, 0.5) is 4.79 Å². The SMILES string of the molecule is C=CCOc1ccc(/C=C2\SC(=O)N(CCOc3cccc(C)c3)C2=O)cc1OC. The third-order valence-electron chi connectivity index (χ3n) is 4.29. The van der Waals surface area contributed by atoms with Gasteiger partial charge in [-0.05, 0) is 60.2 Å². The van der Waals surface area contributed by atoms with Gasteiger partial charge in [-0.15, -0.1) is 0 Å². The Bertz CT molecular complexity index is 985. The van der Waals surface area contributed by atoms with E-state index < -0.39 is 0 Å². The lowest BCUT2D eigenvalue weighted by Crippen LogP contribution is -2.32. The highest BCUT2D eigenvalue weighted by atomic mass is 32.2. The van der Waals surface area contributed by atoms with Gasteiger partial charge in [0.25, 0.3) is 11.1 Å². The molecule has 1 aliphatic heterocycles. The molecule has 0 spiro atoms. The zero-order valence-corrected chi connectivity index (χ0v) is 17.7. The second-order valence-corrected chi connectivity index (χ2v) is 7.50. The van der Waals surface area contributed by atoms with Crippen molar-refractivity contribution in [3.05, 3.63) is 71.2 Å². The van der Waals surface area contributed by atoms with Crippen molar-refractivity contribution in [2.75, 3.05) is 26.9 Å². The summed E-state index contributed by atoms with van der Waals surface area (Å²) in [5, 5.41) is -0.308. The largest absolute Gasteiger partial charge is 0.493 e. The molecule has 156 valence electrons. The number of thioether (sulfide) groups is 1. The van der Waals surface area contributed by atoms with Crippen LogP contribution in [0, 0.1) is 6.92 Å². The Morgan fingerprint density at radius 3 is 2.67 bits per heavy atom. The Labute approximate surface area is 180 Å². The number of rotatable bonds is 9. The maximum atomic E-state index is 12.7. The average Bonchev–Trinajstić information content (AvgIpc) is 3.00. The Hall–Kier alpha value is -3.19. The van der Waals surface area contributed by atoms with E-state index in [-0.39, 0.29) is 24.3 Å². The molecule has 0 saturated carbocycles. The van der Waals surface area contributed by atoms with Crippen molar-refractivity contribution < 1.29 is 23.8 Å². The van der Waals surface area contributed by atoms with Crippen LogP contribution in [0.3, 0.4) is 0 Å². The number of ether oxygens (including phenoxy) is 3. The minimum atomic E-state index is -0.330. The molecule has 3 rings (SSSR count). The van der Waals surface area contributed by atoms with E-state index in [1.807, 2.05) is 31.2 Å². The van der Waals surface area contributed by atoms with Gasteiger partial charge in [0.2, 0.25) is 0 Å². The van der Waals surface area contributed by atoms with E-state index >= 15 is 0 Å². The van der Waals surface area contributed by atoms with E-state index in [2.05, 4.69) is 6.58 Å². The number of hydrogen-bond donors (Lipinski definition) is 0. The molecule has 1 saturated heterocycles. The summed E-state index contributed by atoms with van der Waals surface area (Å²) in [6.07, 6.45) is 3.32. The van der Waals surface area contributed by atoms with Crippen LogP contribution in [0.1, 0.15) is 11.1 Å². The Balaban J connectivity index is 1.66. The van der Waals surface area contributed by atoms with Gasteiger partial charge in [0.1, 0.15) is 19.0 Å². The Kier molecular flexibility index (Phi) is 7.19. The average molecular weight is 426 g/mol. The van der Waals surface area contributed by atoms with Crippen molar-refractivity contribution in [1.29, 1.82) is 0 Å². The summed E-state index contributed by atoms with van der Waals surface area (Å²) in [6, 6.07) is 12.9. The molecule has 1 fully saturated rings. The number of nitrogens with zero attached hydrogens (tertiary/aromatic N) is 1. The maximum Gasteiger partial charge on any atom is 0.293 e. The van der Waals surface area contributed by atoms with Crippen LogP contribution < -0.4 is 14.2 Å². The molecule has 1 aliphatic rings. The predicted molar refractivity (Wildman–Crippen MR) is 118 cm³/mol. The second kappa shape index (κ2) is 10.0. The summed E-state index contributed by atoms with van der Waals surface area (Å²) < 4.78 is 16.5. The molecule has 0 aromatic heterocycles. The highest BCUT2D eigenvalue weighted by Gasteiger charge is 2.34. The highest BCUT2D eigenvalue weighted by Crippen LogP contribution is 2.34. The van der Waals surface area contributed by atoms with Gasteiger partial charge in [0.05, 0.1) is 18.6 Å². The lowest BCUT2D eigenvalue weighted by molar-refractivity contribution is -0.123. The number of carbonyl (C=O) groups is 2. The summed E-state index contributed by atoms with van der Waals surface area (Å²) in [7, 11) is 1.54. The van der Waals surface area contributed by atoms with Gasteiger partial charge < -0.3 is 14.2 Å². The summed E-state index contributed by atoms with van der Waals surface area (Å²) in [6.45, 7) is 6.38. The van der Waals surface area contributed by atoms with Crippen LogP contribution in [-0.2, 0) is 4.79 Å². The molecule has 7 heteroatoms. The van der Waals surface area contributed by atoms with Crippen molar-refractivity contribution in [3.8, 4) is 17.2 Å². The molecular formula is C23H23NO5S. The van der Waals surface area contributed by atoms with E-state index in [9.17, 15) is 9.59 Å². The standard InChI is InChI=1S/C23H23NO5S/c1-4-11-29-19-9-8-17(14-20(19)27-3)15-21-22(25)24(23(26)30-21)10-12-28-18-7-5-6-16(2)13-18/h4-9,13-15H,1,10-12H2,2-3H3/b21-15-. The number of methoxy groups -OCH3 is 1.